The first kappa shape index (κ1) is 59.5. The number of aliphatic imine (C=N–C) groups is 2. The van der Waals surface area contributed by atoms with Crippen LogP contribution in [0.2, 0.25) is 0 Å². The zero-order valence-electron chi connectivity index (χ0n) is 39.5. The number of rotatable bonds is 12. The third kappa shape index (κ3) is 16.3. The van der Waals surface area contributed by atoms with Crippen LogP contribution in [0.3, 0.4) is 0 Å². The number of aldehydes is 1. The molecule has 0 bridgehead atoms. The predicted molar refractivity (Wildman–Crippen MR) is 251 cm³/mol. The predicted octanol–water partition coefficient (Wildman–Crippen LogP) is 4.87. The second kappa shape index (κ2) is 27.0. The van der Waals surface area contributed by atoms with E-state index in [2.05, 4.69) is 4.99 Å². The number of carbonyl (C=O) groups excluding carboxylic acids is 3. The zero-order valence-corrected chi connectivity index (χ0v) is 43.3. The third-order valence-corrected chi connectivity index (χ3v) is 12.7. The van der Waals surface area contributed by atoms with Gasteiger partial charge in [-0.2, -0.15) is 0 Å². The largest absolute Gasteiger partial charge is 2.00 e. The summed E-state index contributed by atoms with van der Waals surface area (Å²) in [6, 6.07) is 18.7. The van der Waals surface area contributed by atoms with Crippen LogP contribution in [0.15, 0.2) is 70.6 Å². The molecule has 1 unspecified atom stereocenters. The van der Waals surface area contributed by atoms with E-state index in [9.17, 15) is 28.3 Å². The molecule has 0 radical (unpaired) electrons. The molecule has 0 aromatic heterocycles. The molecule has 1 N–H and O–H groups in total. The zero-order chi connectivity index (χ0) is 46.1. The van der Waals surface area contributed by atoms with Crippen LogP contribution in [-0.2, 0) is 46.4 Å². The van der Waals surface area contributed by atoms with Gasteiger partial charge in [-0.15, -0.1) is 0 Å². The molecule has 2 aromatic rings. The fourth-order valence-electron chi connectivity index (χ4n) is 7.35. The number of amidine groups is 2. The number of nitrogens with zero attached hydrogens (tertiary/aromatic N) is 4. The van der Waals surface area contributed by atoms with Crippen molar-refractivity contribution in [3.8, 4) is 0 Å². The molecule has 66 heavy (non-hydrogen) atoms. The van der Waals surface area contributed by atoms with Gasteiger partial charge >= 0.3 is 35.2 Å². The number of thioether (sulfide) groups is 2. The number of hydrogen-bond acceptors (Lipinski definition) is 14. The summed E-state index contributed by atoms with van der Waals surface area (Å²) in [4.78, 5) is 48.7. The molecule has 11 atom stereocenters. The van der Waals surface area contributed by atoms with Gasteiger partial charge in [0.15, 0.2) is 10.3 Å². The summed E-state index contributed by atoms with van der Waals surface area (Å²) in [6.45, 7) is 15.0. The molecular weight excluding hydrogens is 930 g/mol. The van der Waals surface area contributed by atoms with E-state index in [1.165, 1.54) is 33.3 Å². The Bertz CT molecular complexity index is 1880. The van der Waals surface area contributed by atoms with Gasteiger partial charge in [0.05, 0.1) is 50.7 Å². The summed E-state index contributed by atoms with van der Waals surface area (Å²) >= 11 is 2.43. The summed E-state index contributed by atoms with van der Waals surface area (Å²) in [6.07, 6.45) is -3.10. The standard InChI is InChI=1S/C23H33FN2O5S.C22H29FN2O5S.CH3.ClH.Mg/c1-14-18(15(2)27)30-20-17(19(14)29-13-16-9-7-6-8-10-16)25-21(32-20)26(12-11-24)22(28)31-23(3,4)5;1-14-16(12-26)29-19-17(18(14)28-13-15-8-6-5-7-9-15)24-20(31-19)25(11-10-23)21(27)30-22(2,3)4;;;/h6-10,14-15,17-20,27H,11-13H2,1-5H3;5-9,12,14,16-19H,10-11,13H2,1-4H3;1H3;1H;/q;;-1;;+2/p-1/t14-,15?,17-,18+,19+,20-;14-,16-,17-,18+,19-;;;/m11.../s1. The van der Waals surface area contributed by atoms with Gasteiger partial charge in [0, 0.05) is 11.8 Å². The Morgan fingerprint density at radius 3 is 1.52 bits per heavy atom. The fourth-order valence-corrected chi connectivity index (χ4v) is 9.80. The summed E-state index contributed by atoms with van der Waals surface area (Å²) in [5.74, 6) is -0.373. The minimum Gasteiger partial charge on any atom is -1.00 e. The van der Waals surface area contributed by atoms with Gasteiger partial charge in [0.25, 0.3) is 0 Å². The van der Waals surface area contributed by atoms with Gasteiger partial charge in [0.2, 0.25) is 0 Å². The monoisotopic (exact) mass is 994 g/mol. The van der Waals surface area contributed by atoms with Crippen molar-refractivity contribution >= 4 is 75.4 Å². The van der Waals surface area contributed by atoms with Gasteiger partial charge in [-0.3, -0.25) is 19.8 Å². The molecular formula is C46H65ClF2MgN4O10S2. The van der Waals surface area contributed by atoms with Crippen molar-refractivity contribution in [1.82, 2.24) is 9.80 Å². The van der Waals surface area contributed by atoms with Crippen LogP contribution in [0.4, 0.5) is 18.4 Å². The molecule has 0 spiro atoms. The van der Waals surface area contributed by atoms with Crippen molar-refractivity contribution in [2.45, 2.75) is 140 Å². The van der Waals surface area contributed by atoms with Crippen molar-refractivity contribution in [1.29, 1.82) is 0 Å². The number of amides is 2. The average molecular weight is 996 g/mol. The quantitative estimate of drug-likeness (QED) is 0.175. The first-order valence-electron chi connectivity index (χ1n) is 21.2. The Morgan fingerprint density at radius 2 is 1.15 bits per heavy atom. The van der Waals surface area contributed by atoms with Crippen LogP contribution in [0.1, 0.15) is 73.4 Å². The van der Waals surface area contributed by atoms with Crippen molar-refractivity contribution in [2.75, 3.05) is 26.4 Å². The van der Waals surface area contributed by atoms with E-state index in [0.29, 0.717) is 23.5 Å². The number of aliphatic hydroxyl groups is 1. The second-order valence-electron chi connectivity index (χ2n) is 17.7. The number of ether oxygens (including phenoxy) is 6. The molecule has 2 fully saturated rings. The first-order valence-corrected chi connectivity index (χ1v) is 23.0. The molecule has 20 heteroatoms. The van der Waals surface area contributed by atoms with Gasteiger partial charge in [-0.05, 0) is 59.6 Å². The molecule has 0 aliphatic carbocycles. The van der Waals surface area contributed by atoms with Crippen LogP contribution in [0.5, 0.6) is 0 Å². The average Bonchev–Trinajstić information content (AvgIpc) is 3.84. The Morgan fingerprint density at radius 1 is 0.758 bits per heavy atom. The van der Waals surface area contributed by atoms with Gasteiger partial charge in [-0.1, -0.05) is 98.0 Å². The maximum absolute atomic E-state index is 13.3. The molecule has 4 aliphatic rings. The summed E-state index contributed by atoms with van der Waals surface area (Å²) in [5.41, 5.74) is -0.372. The summed E-state index contributed by atoms with van der Waals surface area (Å²) in [5, 5.41) is 10.9. The van der Waals surface area contributed by atoms with Gasteiger partial charge in [0.1, 0.15) is 59.9 Å². The fraction of sp³-hybridized carbons (Fsp3) is 0.609. The molecule has 2 saturated heterocycles. The van der Waals surface area contributed by atoms with E-state index in [1.54, 1.807) is 48.5 Å². The van der Waals surface area contributed by atoms with Crippen LogP contribution in [-0.4, -0.2) is 158 Å². The van der Waals surface area contributed by atoms with E-state index < -0.39 is 84.1 Å². The van der Waals surface area contributed by atoms with Gasteiger partial charge < -0.3 is 58.2 Å². The van der Waals surface area contributed by atoms with Crippen molar-refractivity contribution in [3.63, 3.8) is 0 Å². The number of hydrogen-bond donors (Lipinski definition) is 1. The minimum absolute atomic E-state index is 0. The van der Waals surface area contributed by atoms with Crippen molar-refractivity contribution in [3.05, 3.63) is 79.2 Å². The molecule has 14 nitrogen and oxygen atoms in total. The number of carbonyl (C=O) groups is 3. The molecule has 2 aromatic carbocycles. The van der Waals surface area contributed by atoms with Crippen LogP contribution < -0.4 is 12.4 Å². The summed E-state index contributed by atoms with van der Waals surface area (Å²) in [7, 11) is 0. The third-order valence-electron chi connectivity index (χ3n) is 10.3. The SMILES string of the molecule is CC(O)[C@H]1O[C@@H]2SC(N(CCF)C(=O)OC(C)(C)C)=N[C@@H]2[C@@H](OCc2ccccc2)[C@@H]1C.C[C@H]1[C@H](OCc2ccccc2)[C@H]2N=C(N(CCF)C(=O)OC(C)(C)C)S[C@H]2O[C@@H]1C=O.[CH3-].[Cl-].[Mg+2]. The van der Waals surface area contributed by atoms with E-state index in [0.717, 1.165) is 17.4 Å². The maximum atomic E-state index is 13.3. The van der Waals surface area contributed by atoms with E-state index >= 15 is 0 Å². The summed E-state index contributed by atoms with van der Waals surface area (Å²) < 4.78 is 61.9. The molecule has 4 heterocycles. The molecule has 364 valence electrons. The van der Waals surface area contributed by atoms with Crippen molar-refractivity contribution in [2.24, 2.45) is 21.8 Å². The number of benzene rings is 2. The Kier molecular flexibility index (Phi) is 24.3. The topological polar surface area (TPSA) is 158 Å². The smallest absolute Gasteiger partial charge is 1.00 e. The van der Waals surface area contributed by atoms with Crippen LogP contribution in [0.25, 0.3) is 0 Å². The Balaban J connectivity index is 0.000000434. The Hall–Kier alpha value is -2.59. The second-order valence-corrected chi connectivity index (χ2v) is 19.9. The van der Waals surface area contributed by atoms with Crippen LogP contribution in [0, 0.1) is 19.3 Å². The van der Waals surface area contributed by atoms with Gasteiger partial charge in [-0.25, -0.2) is 18.4 Å². The normalized spacial score (nSPS) is 27.0. The van der Waals surface area contributed by atoms with E-state index in [-0.39, 0.29) is 73.9 Å². The molecule has 2 amide bonds. The minimum atomic E-state index is -0.740. The first-order chi connectivity index (χ1) is 29.8. The number of fused-ring (bicyclic) bond motifs is 2. The number of alkyl halides is 2. The molecule has 4 aliphatic heterocycles. The molecule has 6 rings (SSSR count). The van der Waals surface area contributed by atoms with Crippen LogP contribution >= 0.6 is 23.5 Å². The van der Waals surface area contributed by atoms with E-state index in [4.69, 9.17) is 33.4 Å². The van der Waals surface area contributed by atoms with E-state index in [1.807, 2.05) is 74.5 Å². The Labute approximate surface area is 419 Å². The number of aliphatic hydroxyl groups excluding tert-OH is 1. The maximum Gasteiger partial charge on any atom is 2.00 e. The molecule has 0 saturated carbocycles. The van der Waals surface area contributed by atoms with Crippen molar-refractivity contribution < 1.29 is 69.1 Å². The number of halogens is 3.